The Morgan fingerprint density at radius 3 is 2.93 bits per heavy atom. The van der Waals surface area contributed by atoms with Crippen molar-refractivity contribution in [2.45, 2.75) is 44.7 Å². The molecule has 146 valence electrons. The highest BCUT2D eigenvalue weighted by molar-refractivity contribution is 7.09. The molecule has 0 aliphatic heterocycles. The molecule has 1 aromatic carbocycles. The van der Waals surface area contributed by atoms with E-state index >= 15 is 0 Å². The van der Waals surface area contributed by atoms with Crippen molar-refractivity contribution in [3.8, 4) is 0 Å². The highest BCUT2D eigenvalue weighted by Gasteiger charge is 2.27. The number of rotatable bonds is 6. The predicted molar refractivity (Wildman–Crippen MR) is 106 cm³/mol. The first-order valence-corrected chi connectivity index (χ1v) is 10.2. The zero-order valence-corrected chi connectivity index (χ0v) is 16.1. The number of carboxylic acids is 1. The van der Waals surface area contributed by atoms with Gasteiger partial charge in [0.2, 0.25) is 5.91 Å². The standard InChI is InChI=1S/C21H21FN2O3S/c22-13-3-6-18-16(10-13)17-11-14(4-7-19(17)24(18)12-21(26)27)23-20(25)8-5-15-2-1-9-28-15/h1-3,6,9-10,14H,4-5,7-8,11-12H2,(H,23,25)(H,26,27)/t14-/m0/s1. The second-order valence-electron chi connectivity index (χ2n) is 7.15. The lowest BCUT2D eigenvalue weighted by molar-refractivity contribution is -0.137. The van der Waals surface area contributed by atoms with E-state index in [9.17, 15) is 19.1 Å². The molecule has 0 unspecified atom stereocenters. The lowest BCUT2D eigenvalue weighted by Crippen LogP contribution is -2.39. The van der Waals surface area contributed by atoms with Crippen molar-refractivity contribution >= 4 is 34.1 Å². The molecule has 0 radical (unpaired) electrons. The van der Waals surface area contributed by atoms with Crippen molar-refractivity contribution in [2.75, 3.05) is 0 Å². The molecule has 5 nitrogen and oxygen atoms in total. The Labute approximate surface area is 165 Å². The third-order valence-corrected chi connectivity index (χ3v) is 6.20. The van der Waals surface area contributed by atoms with Crippen molar-refractivity contribution < 1.29 is 19.1 Å². The van der Waals surface area contributed by atoms with Crippen molar-refractivity contribution in [1.82, 2.24) is 9.88 Å². The van der Waals surface area contributed by atoms with Gasteiger partial charge in [-0.05, 0) is 60.9 Å². The Balaban J connectivity index is 1.52. The molecule has 1 aliphatic rings. The number of aromatic nitrogens is 1. The summed E-state index contributed by atoms with van der Waals surface area (Å²) < 4.78 is 15.6. The molecule has 0 saturated heterocycles. The summed E-state index contributed by atoms with van der Waals surface area (Å²) in [6.07, 6.45) is 3.17. The number of hydrogen-bond acceptors (Lipinski definition) is 3. The number of benzene rings is 1. The molecule has 0 bridgehead atoms. The van der Waals surface area contributed by atoms with Crippen LogP contribution in [-0.4, -0.2) is 27.6 Å². The van der Waals surface area contributed by atoms with E-state index in [0.29, 0.717) is 19.3 Å². The van der Waals surface area contributed by atoms with E-state index in [2.05, 4.69) is 5.32 Å². The zero-order chi connectivity index (χ0) is 19.7. The summed E-state index contributed by atoms with van der Waals surface area (Å²) in [5.41, 5.74) is 2.62. The van der Waals surface area contributed by atoms with Crippen LogP contribution in [0, 0.1) is 5.82 Å². The third-order valence-electron chi connectivity index (χ3n) is 5.27. The third kappa shape index (κ3) is 3.80. The Bertz CT molecular complexity index is 1030. The van der Waals surface area contributed by atoms with E-state index in [4.69, 9.17) is 0 Å². The molecule has 0 fully saturated rings. The molecule has 1 aliphatic carbocycles. The van der Waals surface area contributed by atoms with Gasteiger partial charge in [0.05, 0.1) is 0 Å². The molecule has 2 aromatic heterocycles. The minimum Gasteiger partial charge on any atom is -0.480 e. The number of nitrogens with zero attached hydrogens (tertiary/aromatic N) is 1. The number of halogens is 1. The number of amides is 1. The van der Waals surface area contributed by atoms with Gasteiger partial charge in [-0.15, -0.1) is 11.3 Å². The van der Waals surface area contributed by atoms with Crippen LogP contribution in [0.1, 0.15) is 29.0 Å². The zero-order valence-electron chi connectivity index (χ0n) is 15.3. The minimum absolute atomic E-state index is 0.0160. The SMILES string of the molecule is O=C(O)Cn1c2c(c3cc(F)ccc31)C[C@@H](NC(=O)CCc1cccs1)CC2. The first-order chi connectivity index (χ1) is 13.5. The van der Waals surface area contributed by atoms with Gasteiger partial charge in [-0.3, -0.25) is 9.59 Å². The van der Waals surface area contributed by atoms with Crippen LogP contribution in [0.15, 0.2) is 35.7 Å². The van der Waals surface area contributed by atoms with E-state index in [1.807, 2.05) is 17.5 Å². The van der Waals surface area contributed by atoms with E-state index in [1.165, 1.54) is 17.0 Å². The second-order valence-corrected chi connectivity index (χ2v) is 8.19. The summed E-state index contributed by atoms with van der Waals surface area (Å²) in [7, 11) is 0. The summed E-state index contributed by atoms with van der Waals surface area (Å²) in [4.78, 5) is 24.8. The maximum Gasteiger partial charge on any atom is 0.323 e. The molecule has 2 N–H and O–H groups in total. The maximum absolute atomic E-state index is 13.8. The van der Waals surface area contributed by atoms with Crippen molar-refractivity contribution in [2.24, 2.45) is 0 Å². The van der Waals surface area contributed by atoms with E-state index < -0.39 is 5.97 Å². The average Bonchev–Trinajstić information content (AvgIpc) is 3.27. The van der Waals surface area contributed by atoms with Gasteiger partial charge in [-0.2, -0.15) is 0 Å². The Morgan fingerprint density at radius 2 is 2.18 bits per heavy atom. The van der Waals surface area contributed by atoms with Crippen molar-refractivity contribution in [1.29, 1.82) is 0 Å². The van der Waals surface area contributed by atoms with Crippen molar-refractivity contribution in [3.05, 3.63) is 57.7 Å². The number of hydrogen-bond donors (Lipinski definition) is 2. The van der Waals surface area contributed by atoms with Crippen LogP contribution in [0.2, 0.25) is 0 Å². The number of nitrogens with one attached hydrogen (secondary N) is 1. The van der Waals surface area contributed by atoms with Gasteiger partial charge in [-0.1, -0.05) is 6.07 Å². The van der Waals surface area contributed by atoms with Crippen molar-refractivity contribution in [3.63, 3.8) is 0 Å². The van der Waals surface area contributed by atoms with Crippen LogP contribution >= 0.6 is 11.3 Å². The molecular formula is C21H21FN2O3S. The molecule has 4 rings (SSSR count). The number of carboxylic acid groups (broad SMARTS) is 1. The minimum atomic E-state index is -0.923. The van der Waals surface area contributed by atoms with Crippen LogP contribution in [0.25, 0.3) is 10.9 Å². The van der Waals surface area contributed by atoms with E-state index in [1.54, 1.807) is 22.0 Å². The number of aryl methyl sites for hydroxylation is 1. The molecule has 7 heteroatoms. The lowest BCUT2D eigenvalue weighted by atomic mass is 9.91. The van der Waals surface area contributed by atoms with Crippen LogP contribution in [0.5, 0.6) is 0 Å². The number of aliphatic carboxylic acids is 1. The van der Waals surface area contributed by atoms with Gasteiger partial charge in [0, 0.05) is 33.9 Å². The second kappa shape index (κ2) is 7.75. The first kappa shape index (κ1) is 18.7. The number of carbonyl (C=O) groups excluding carboxylic acids is 1. The Hall–Kier alpha value is -2.67. The first-order valence-electron chi connectivity index (χ1n) is 9.34. The molecule has 0 spiro atoms. The van der Waals surface area contributed by atoms with Gasteiger partial charge in [0.15, 0.2) is 0 Å². The smallest absolute Gasteiger partial charge is 0.323 e. The fraction of sp³-hybridized carbons (Fsp3) is 0.333. The van der Waals surface area contributed by atoms with Gasteiger partial charge >= 0.3 is 5.97 Å². The fourth-order valence-corrected chi connectivity index (χ4v) is 4.76. The monoisotopic (exact) mass is 400 g/mol. The quantitative estimate of drug-likeness (QED) is 0.665. The topological polar surface area (TPSA) is 71.3 Å². The van der Waals surface area contributed by atoms with Crippen LogP contribution < -0.4 is 5.32 Å². The van der Waals surface area contributed by atoms with Crippen LogP contribution in [-0.2, 0) is 35.4 Å². The summed E-state index contributed by atoms with van der Waals surface area (Å²) in [5, 5.41) is 15.1. The van der Waals surface area contributed by atoms with Crippen LogP contribution in [0.3, 0.4) is 0 Å². The molecular weight excluding hydrogens is 379 g/mol. The predicted octanol–water partition coefficient (Wildman–Crippen LogP) is 3.53. The Kier molecular flexibility index (Phi) is 5.17. The molecule has 1 amide bonds. The maximum atomic E-state index is 13.8. The average molecular weight is 400 g/mol. The van der Waals surface area contributed by atoms with Gasteiger partial charge < -0.3 is 15.0 Å². The lowest BCUT2D eigenvalue weighted by Gasteiger charge is -2.25. The molecule has 2 heterocycles. The summed E-state index contributed by atoms with van der Waals surface area (Å²) in [6.45, 7) is -0.144. The normalized spacial score (nSPS) is 16.1. The number of fused-ring (bicyclic) bond motifs is 3. The molecule has 0 saturated carbocycles. The van der Waals surface area contributed by atoms with E-state index in [0.717, 1.165) is 35.0 Å². The highest BCUT2D eigenvalue weighted by atomic mass is 32.1. The van der Waals surface area contributed by atoms with Gasteiger partial charge in [0.1, 0.15) is 12.4 Å². The number of carbonyl (C=O) groups is 2. The van der Waals surface area contributed by atoms with Gasteiger partial charge in [-0.25, -0.2) is 4.39 Å². The summed E-state index contributed by atoms with van der Waals surface area (Å²) >= 11 is 1.65. The molecule has 1 atom stereocenters. The van der Waals surface area contributed by atoms with Crippen LogP contribution in [0.4, 0.5) is 4.39 Å². The molecule has 28 heavy (non-hydrogen) atoms. The van der Waals surface area contributed by atoms with E-state index in [-0.39, 0.29) is 24.3 Å². The van der Waals surface area contributed by atoms with Gasteiger partial charge in [0.25, 0.3) is 0 Å². The highest BCUT2D eigenvalue weighted by Crippen LogP contribution is 2.33. The number of thiophene rings is 1. The largest absolute Gasteiger partial charge is 0.480 e. The molecule has 3 aromatic rings. The summed E-state index contributed by atoms with van der Waals surface area (Å²) in [6, 6.07) is 8.45. The fourth-order valence-electron chi connectivity index (χ4n) is 4.05. The Morgan fingerprint density at radius 1 is 1.32 bits per heavy atom. The summed E-state index contributed by atoms with van der Waals surface area (Å²) in [5.74, 6) is -1.25.